The molecular weight excluding hydrogens is 356 g/mol. The Labute approximate surface area is 164 Å². The number of aryl methyl sites for hydroxylation is 1. The van der Waals surface area contributed by atoms with E-state index >= 15 is 0 Å². The number of pyridine rings is 1. The molecule has 146 valence electrons. The lowest BCUT2D eigenvalue weighted by Gasteiger charge is -2.35. The Balaban J connectivity index is 1.69. The number of benzene rings is 1. The number of carbonyl (C=O) groups excluding carboxylic acids is 1. The van der Waals surface area contributed by atoms with E-state index in [1.165, 1.54) is 0 Å². The van der Waals surface area contributed by atoms with E-state index in [-0.39, 0.29) is 29.5 Å². The first kappa shape index (κ1) is 18.7. The minimum atomic E-state index is -0.165. The SMILES string of the molecule is Cc1cc(O)c(CN2C[C@@H](C)O[C@H](C)C2)c2c1C(=O)/C(=C/c1cccnc1)O2. The van der Waals surface area contributed by atoms with Crippen LogP contribution in [0.3, 0.4) is 0 Å². The van der Waals surface area contributed by atoms with Gasteiger partial charge in [0.05, 0.1) is 23.3 Å². The molecule has 2 atom stereocenters. The zero-order valence-corrected chi connectivity index (χ0v) is 16.3. The van der Waals surface area contributed by atoms with Crippen LogP contribution in [0.1, 0.15) is 40.9 Å². The molecule has 4 rings (SSSR count). The van der Waals surface area contributed by atoms with Crippen LogP contribution in [0, 0.1) is 6.92 Å². The van der Waals surface area contributed by atoms with Gasteiger partial charge in [-0.2, -0.15) is 0 Å². The van der Waals surface area contributed by atoms with Crippen molar-refractivity contribution in [3.8, 4) is 11.5 Å². The minimum Gasteiger partial charge on any atom is -0.507 e. The lowest BCUT2D eigenvalue weighted by Crippen LogP contribution is -2.44. The van der Waals surface area contributed by atoms with E-state index in [0.717, 1.165) is 18.7 Å². The number of aromatic hydroxyl groups is 1. The maximum absolute atomic E-state index is 13.0. The quantitative estimate of drug-likeness (QED) is 0.824. The van der Waals surface area contributed by atoms with Crippen LogP contribution in [0.4, 0.5) is 0 Å². The van der Waals surface area contributed by atoms with E-state index in [4.69, 9.17) is 9.47 Å². The Morgan fingerprint density at radius 2 is 2.07 bits per heavy atom. The highest BCUT2D eigenvalue weighted by Crippen LogP contribution is 2.42. The number of rotatable bonds is 3. The highest BCUT2D eigenvalue weighted by Gasteiger charge is 2.34. The molecular formula is C22H24N2O4. The second-order valence-electron chi connectivity index (χ2n) is 7.57. The van der Waals surface area contributed by atoms with Crippen LogP contribution in [0.25, 0.3) is 6.08 Å². The van der Waals surface area contributed by atoms with Gasteiger partial charge in [-0.3, -0.25) is 14.7 Å². The van der Waals surface area contributed by atoms with Crippen molar-refractivity contribution in [1.82, 2.24) is 9.88 Å². The summed E-state index contributed by atoms with van der Waals surface area (Å²) in [5.74, 6) is 0.700. The number of hydrogen-bond donors (Lipinski definition) is 1. The van der Waals surface area contributed by atoms with Gasteiger partial charge in [-0.15, -0.1) is 0 Å². The Bertz CT molecular complexity index is 929. The second-order valence-corrected chi connectivity index (χ2v) is 7.57. The van der Waals surface area contributed by atoms with Gasteiger partial charge in [-0.05, 0) is 50.1 Å². The maximum Gasteiger partial charge on any atom is 0.232 e. The molecule has 0 amide bonds. The third-order valence-electron chi connectivity index (χ3n) is 5.08. The van der Waals surface area contributed by atoms with Gasteiger partial charge in [-0.1, -0.05) is 6.07 Å². The van der Waals surface area contributed by atoms with Gasteiger partial charge in [0.1, 0.15) is 11.5 Å². The van der Waals surface area contributed by atoms with Crippen molar-refractivity contribution in [2.45, 2.75) is 39.5 Å². The highest BCUT2D eigenvalue weighted by atomic mass is 16.5. The fraction of sp³-hybridized carbons (Fsp3) is 0.364. The van der Waals surface area contributed by atoms with Crippen molar-refractivity contribution in [3.05, 3.63) is 58.6 Å². The van der Waals surface area contributed by atoms with E-state index < -0.39 is 0 Å². The second kappa shape index (κ2) is 7.37. The Morgan fingerprint density at radius 1 is 1.32 bits per heavy atom. The van der Waals surface area contributed by atoms with Crippen LogP contribution in [0.15, 0.2) is 36.4 Å². The normalized spacial score (nSPS) is 23.7. The topological polar surface area (TPSA) is 71.9 Å². The summed E-state index contributed by atoms with van der Waals surface area (Å²) in [4.78, 5) is 19.2. The summed E-state index contributed by atoms with van der Waals surface area (Å²) in [5, 5.41) is 10.6. The lowest BCUT2D eigenvalue weighted by atomic mass is 9.99. The molecule has 0 saturated carbocycles. The monoisotopic (exact) mass is 380 g/mol. The molecule has 1 fully saturated rings. The van der Waals surface area contributed by atoms with Gasteiger partial charge in [-0.25, -0.2) is 0 Å². The molecule has 0 aliphatic carbocycles. The smallest absolute Gasteiger partial charge is 0.232 e. The summed E-state index contributed by atoms with van der Waals surface area (Å²) in [6.45, 7) is 7.92. The molecule has 28 heavy (non-hydrogen) atoms. The summed E-state index contributed by atoms with van der Waals surface area (Å²) in [6, 6.07) is 5.32. The molecule has 2 aromatic rings. The molecule has 6 nitrogen and oxygen atoms in total. The summed E-state index contributed by atoms with van der Waals surface area (Å²) < 4.78 is 11.8. The van der Waals surface area contributed by atoms with E-state index in [2.05, 4.69) is 9.88 Å². The number of phenolic OH excluding ortho intramolecular Hbond substituents is 1. The number of hydrogen-bond acceptors (Lipinski definition) is 6. The number of Topliss-reactive ketones (excluding diaryl/α,β-unsaturated/α-hetero) is 1. The molecule has 1 aromatic carbocycles. The highest BCUT2D eigenvalue weighted by molar-refractivity contribution is 6.15. The zero-order valence-electron chi connectivity index (χ0n) is 16.3. The standard InChI is InChI=1S/C22H24N2O4/c1-13-7-18(25)17(12-24-10-14(2)27-15(3)11-24)22-20(13)21(26)19(28-22)8-16-5-4-6-23-9-16/h4-9,14-15,25H,10-12H2,1-3H3/b19-8-/t14-,15-/m1/s1. The van der Waals surface area contributed by atoms with Crippen molar-refractivity contribution in [3.63, 3.8) is 0 Å². The van der Waals surface area contributed by atoms with Crippen molar-refractivity contribution >= 4 is 11.9 Å². The molecule has 0 unspecified atom stereocenters. The van der Waals surface area contributed by atoms with Crippen molar-refractivity contribution in [2.75, 3.05) is 13.1 Å². The molecule has 1 saturated heterocycles. The van der Waals surface area contributed by atoms with Crippen LogP contribution in [0.2, 0.25) is 0 Å². The molecule has 3 heterocycles. The molecule has 2 aliphatic rings. The first-order chi connectivity index (χ1) is 13.4. The Hall–Kier alpha value is -2.70. The van der Waals surface area contributed by atoms with E-state index in [9.17, 15) is 9.90 Å². The van der Waals surface area contributed by atoms with Crippen LogP contribution in [0.5, 0.6) is 11.5 Å². The predicted octanol–water partition coefficient (Wildman–Crippen LogP) is 3.32. The van der Waals surface area contributed by atoms with Crippen molar-refractivity contribution < 1.29 is 19.4 Å². The summed E-state index contributed by atoms with van der Waals surface area (Å²) >= 11 is 0. The Kier molecular flexibility index (Phi) is 4.91. The number of fused-ring (bicyclic) bond motifs is 1. The van der Waals surface area contributed by atoms with Gasteiger partial charge in [0.25, 0.3) is 0 Å². The average molecular weight is 380 g/mol. The fourth-order valence-corrected chi connectivity index (χ4v) is 3.98. The zero-order chi connectivity index (χ0) is 19.8. The van der Waals surface area contributed by atoms with Gasteiger partial charge in [0.2, 0.25) is 5.78 Å². The maximum atomic E-state index is 13.0. The molecule has 0 spiro atoms. The first-order valence-electron chi connectivity index (χ1n) is 9.50. The van der Waals surface area contributed by atoms with E-state index in [1.807, 2.05) is 32.9 Å². The number of ether oxygens (including phenoxy) is 2. The number of morpholine rings is 1. The molecule has 0 bridgehead atoms. The Morgan fingerprint density at radius 3 is 2.75 bits per heavy atom. The molecule has 0 radical (unpaired) electrons. The summed E-state index contributed by atoms with van der Waals surface area (Å²) in [6.07, 6.45) is 5.28. The predicted molar refractivity (Wildman–Crippen MR) is 105 cm³/mol. The molecule has 6 heteroatoms. The summed E-state index contributed by atoms with van der Waals surface area (Å²) in [7, 11) is 0. The molecule has 2 aliphatic heterocycles. The van der Waals surface area contributed by atoms with Crippen molar-refractivity contribution in [1.29, 1.82) is 0 Å². The number of carbonyl (C=O) groups is 1. The average Bonchev–Trinajstić information content (AvgIpc) is 2.95. The number of allylic oxidation sites excluding steroid dienone is 1. The van der Waals surface area contributed by atoms with Crippen molar-refractivity contribution in [2.24, 2.45) is 0 Å². The first-order valence-corrected chi connectivity index (χ1v) is 9.50. The lowest BCUT2D eigenvalue weighted by molar-refractivity contribution is -0.0707. The number of nitrogens with zero attached hydrogens (tertiary/aromatic N) is 2. The largest absolute Gasteiger partial charge is 0.507 e. The number of ketones is 1. The van der Waals surface area contributed by atoms with Gasteiger partial charge >= 0.3 is 0 Å². The van der Waals surface area contributed by atoms with Gasteiger partial charge < -0.3 is 14.6 Å². The van der Waals surface area contributed by atoms with Crippen LogP contribution < -0.4 is 4.74 Å². The molecule has 1 N–H and O–H groups in total. The number of phenols is 1. The van der Waals surface area contributed by atoms with Gasteiger partial charge in [0.15, 0.2) is 5.76 Å². The van der Waals surface area contributed by atoms with E-state index in [1.54, 1.807) is 24.5 Å². The summed E-state index contributed by atoms with van der Waals surface area (Å²) in [5.41, 5.74) is 2.67. The molecule has 1 aromatic heterocycles. The van der Waals surface area contributed by atoms with Crippen LogP contribution in [-0.4, -0.2) is 46.1 Å². The van der Waals surface area contributed by atoms with E-state index in [0.29, 0.717) is 29.0 Å². The third kappa shape index (κ3) is 3.53. The van der Waals surface area contributed by atoms with Crippen LogP contribution in [-0.2, 0) is 11.3 Å². The number of aromatic nitrogens is 1. The third-order valence-corrected chi connectivity index (χ3v) is 5.08. The van der Waals surface area contributed by atoms with Gasteiger partial charge in [0, 0.05) is 32.0 Å². The van der Waals surface area contributed by atoms with Crippen LogP contribution >= 0.6 is 0 Å². The minimum absolute atomic E-state index is 0.118. The fourth-order valence-electron chi connectivity index (χ4n) is 3.98.